The van der Waals surface area contributed by atoms with Crippen LogP contribution in [0.1, 0.15) is 5.56 Å². The van der Waals surface area contributed by atoms with Crippen molar-refractivity contribution in [2.45, 2.75) is 0 Å². The van der Waals surface area contributed by atoms with Crippen LogP contribution in [-0.4, -0.2) is 4.98 Å². The molecular weight excluding hydrogens is 307 g/mol. The van der Waals surface area contributed by atoms with Crippen LogP contribution >= 0.6 is 11.3 Å². The summed E-state index contributed by atoms with van der Waals surface area (Å²) in [5.74, 6) is -0.266. The minimum atomic E-state index is -0.266. The first-order valence-corrected chi connectivity index (χ1v) is 8.05. The average molecular weight is 318 g/mol. The molecule has 2 aromatic heterocycles. The smallest absolute Gasteiger partial charge is 0.133 e. The number of rotatable bonds is 2. The van der Waals surface area contributed by atoms with Gasteiger partial charge in [-0.1, -0.05) is 18.2 Å². The molecule has 110 valence electrons. The van der Waals surface area contributed by atoms with Crippen LogP contribution in [0.3, 0.4) is 0 Å². The number of nitrogens with one attached hydrogen (secondary N) is 1. The Morgan fingerprint density at radius 2 is 1.91 bits per heavy atom. The third kappa shape index (κ3) is 2.23. The van der Waals surface area contributed by atoms with Gasteiger partial charge in [-0.2, -0.15) is 16.6 Å². The summed E-state index contributed by atoms with van der Waals surface area (Å²) >= 11 is 1.59. The number of aromatic amines is 1. The number of nitriles is 1. The van der Waals surface area contributed by atoms with Crippen LogP contribution in [0.25, 0.3) is 33.3 Å². The van der Waals surface area contributed by atoms with Gasteiger partial charge in [-0.15, -0.1) is 0 Å². The fourth-order valence-corrected chi connectivity index (χ4v) is 3.51. The minimum absolute atomic E-state index is 0.266. The fraction of sp³-hybridized carbons (Fsp3) is 0. The maximum Gasteiger partial charge on any atom is 0.133 e. The van der Waals surface area contributed by atoms with Gasteiger partial charge in [-0.3, -0.25) is 0 Å². The van der Waals surface area contributed by atoms with Crippen LogP contribution in [0.4, 0.5) is 4.39 Å². The number of hydrogen-bond donors (Lipinski definition) is 1. The molecule has 0 aliphatic rings. The summed E-state index contributed by atoms with van der Waals surface area (Å²) in [7, 11) is 0. The molecule has 0 spiro atoms. The summed E-state index contributed by atoms with van der Waals surface area (Å²) in [6, 6.07) is 16.5. The van der Waals surface area contributed by atoms with Crippen molar-refractivity contribution in [3.63, 3.8) is 0 Å². The molecule has 0 atom stereocenters. The zero-order chi connectivity index (χ0) is 15.8. The third-order valence-corrected chi connectivity index (χ3v) is 4.55. The van der Waals surface area contributed by atoms with Gasteiger partial charge >= 0.3 is 0 Å². The number of benzene rings is 2. The second-order valence-electron chi connectivity index (χ2n) is 5.24. The van der Waals surface area contributed by atoms with Crippen LogP contribution in [0.15, 0.2) is 59.3 Å². The van der Waals surface area contributed by atoms with Crippen molar-refractivity contribution in [2.24, 2.45) is 0 Å². The second-order valence-corrected chi connectivity index (χ2v) is 6.02. The molecule has 0 radical (unpaired) electrons. The van der Waals surface area contributed by atoms with Crippen LogP contribution in [0.2, 0.25) is 0 Å². The molecule has 0 unspecified atom stereocenters. The van der Waals surface area contributed by atoms with Crippen LogP contribution < -0.4 is 0 Å². The van der Waals surface area contributed by atoms with Crippen LogP contribution in [-0.2, 0) is 0 Å². The van der Waals surface area contributed by atoms with E-state index in [1.54, 1.807) is 29.5 Å². The SMILES string of the molecule is N#Cc1cccc(-c2c(-c3ccsc3)[nH]c3cccc(F)c23)c1. The number of thiophene rings is 1. The van der Waals surface area contributed by atoms with Crippen molar-refractivity contribution in [1.82, 2.24) is 4.98 Å². The van der Waals surface area contributed by atoms with Gasteiger partial charge in [0.25, 0.3) is 0 Å². The molecule has 0 fully saturated rings. The van der Waals surface area contributed by atoms with Gasteiger partial charge in [-0.25, -0.2) is 4.39 Å². The Kier molecular flexibility index (Phi) is 3.22. The van der Waals surface area contributed by atoms with Crippen molar-refractivity contribution >= 4 is 22.2 Å². The highest BCUT2D eigenvalue weighted by molar-refractivity contribution is 7.08. The Labute approximate surface area is 136 Å². The molecular formula is C19H11FN2S. The Morgan fingerprint density at radius 1 is 1.04 bits per heavy atom. The average Bonchev–Trinajstić information content (AvgIpc) is 3.22. The van der Waals surface area contributed by atoms with Crippen molar-refractivity contribution in [3.05, 3.63) is 70.7 Å². The summed E-state index contributed by atoms with van der Waals surface area (Å²) in [6.07, 6.45) is 0. The monoisotopic (exact) mass is 318 g/mol. The molecule has 23 heavy (non-hydrogen) atoms. The molecule has 0 aliphatic heterocycles. The Morgan fingerprint density at radius 3 is 2.70 bits per heavy atom. The van der Waals surface area contributed by atoms with E-state index in [0.717, 1.165) is 27.9 Å². The van der Waals surface area contributed by atoms with Gasteiger partial charge in [0.15, 0.2) is 0 Å². The van der Waals surface area contributed by atoms with Crippen molar-refractivity contribution < 1.29 is 4.39 Å². The summed E-state index contributed by atoms with van der Waals surface area (Å²) in [5.41, 5.74) is 4.84. The van der Waals surface area contributed by atoms with Crippen LogP contribution in [0, 0.1) is 17.1 Å². The molecule has 0 aliphatic carbocycles. The van der Waals surface area contributed by atoms with E-state index in [-0.39, 0.29) is 5.82 Å². The lowest BCUT2D eigenvalue weighted by Gasteiger charge is -2.05. The Balaban J connectivity index is 2.11. The first kappa shape index (κ1) is 13.7. The zero-order valence-electron chi connectivity index (χ0n) is 12.0. The third-order valence-electron chi connectivity index (χ3n) is 3.86. The van der Waals surface area contributed by atoms with E-state index in [2.05, 4.69) is 11.1 Å². The lowest BCUT2D eigenvalue weighted by atomic mass is 9.98. The summed E-state index contributed by atoms with van der Waals surface area (Å²) in [6.45, 7) is 0. The predicted molar refractivity (Wildman–Crippen MR) is 91.7 cm³/mol. The summed E-state index contributed by atoms with van der Waals surface area (Å²) < 4.78 is 14.5. The summed E-state index contributed by atoms with van der Waals surface area (Å²) in [4.78, 5) is 3.33. The lowest BCUT2D eigenvalue weighted by molar-refractivity contribution is 0.640. The lowest BCUT2D eigenvalue weighted by Crippen LogP contribution is -1.84. The van der Waals surface area contributed by atoms with Gasteiger partial charge in [-0.05, 0) is 41.3 Å². The van der Waals surface area contributed by atoms with E-state index in [4.69, 9.17) is 5.26 Å². The van der Waals surface area contributed by atoms with E-state index in [9.17, 15) is 4.39 Å². The molecule has 0 saturated carbocycles. The minimum Gasteiger partial charge on any atom is -0.354 e. The van der Waals surface area contributed by atoms with Crippen molar-refractivity contribution in [2.75, 3.05) is 0 Å². The molecule has 4 rings (SSSR count). The van der Waals surface area contributed by atoms with Gasteiger partial charge in [0, 0.05) is 27.4 Å². The number of nitrogens with zero attached hydrogens (tertiary/aromatic N) is 1. The largest absolute Gasteiger partial charge is 0.354 e. The quantitative estimate of drug-likeness (QED) is 0.515. The number of hydrogen-bond acceptors (Lipinski definition) is 2. The second kappa shape index (κ2) is 5.38. The molecule has 0 bridgehead atoms. The van der Waals surface area contributed by atoms with Gasteiger partial charge < -0.3 is 4.98 Å². The Bertz CT molecular complexity index is 1040. The molecule has 4 aromatic rings. The van der Waals surface area contributed by atoms with E-state index in [1.807, 2.05) is 35.0 Å². The topological polar surface area (TPSA) is 39.6 Å². The first-order valence-electron chi connectivity index (χ1n) is 7.11. The summed E-state index contributed by atoms with van der Waals surface area (Å²) in [5, 5.41) is 13.7. The molecule has 0 saturated heterocycles. The van der Waals surface area contributed by atoms with Crippen molar-refractivity contribution in [1.29, 1.82) is 5.26 Å². The maximum atomic E-state index is 14.5. The molecule has 1 N–H and O–H groups in total. The highest BCUT2D eigenvalue weighted by atomic mass is 32.1. The molecule has 2 aromatic carbocycles. The van der Waals surface area contributed by atoms with E-state index >= 15 is 0 Å². The van der Waals surface area contributed by atoms with Crippen LogP contribution in [0.5, 0.6) is 0 Å². The molecule has 4 heteroatoms. The van der Waals surface area contributed by atoms with Gasteiger partial charge in [0.05, 0.1) is 17.3 Å². The molecule has 2 nitrogen and oxygen atoms in total. The number of fused-ring (bicyclic) bond motifs is 1. The fourth-order valence-electron chi connectivity index (χ4n) is 2.86. The Hall–Kier alpha value is -2.90. The first-order chi connectivity index (χ1) is 11.3. The van der Waals surface area contributed by atoms with Gasteiger partial charge in [0.1, 0.15) is 5.82 Å². The van der Waals surface area contributed by atoms with E-state index in [1.165, 1.54) is 6.07 Å². The number of H-pyrrole nitrogens is 1. The highest BCUT2D eigenvalue weighted by Crippen LogP contribution is 2.40. The number of aromatic nitrogens is 1. The predicted octanol–water partition coefficient (Wildman–Crippen LogP) is 5.57. The molecule has 2 heterocycles. The zero-order valence-corrected chi connectivity index (χ0v) is 12.8. The highest BCUT2D eigenvalue weighted by Gasteiger charge is 2.18. The normalized spacial score (nSPS) is 10.8. The van der Waals surface area contributed by atoms with E-state index in [0.29, 0.717) is 10.9 Å². The molecule has 0 amide bonds. The maximum absolute atomic E-state index is 14.5. The standard InChI is InChI=1S/C19H11FN2S/c20-15-5-2-6-16-18(15)17(13-4-1-3-12(9-13)10-21)19(22-16)14-7-8-23-11-14/h1-9,11,22H. The number of halogens is 1. The van der Waals surface area contributed by atoms with E-state index < -0.39 is 0 Å². The van der Waals surface area contributed by atoms with Crippen molar-refractivity contribution in [3.8, 4) is 28.5 Å². The van der Waals surface area contributed by atoms with Gasteiger partial charge in [0.2, 0.25) is 0 Å².